The minimum absolute atomic E-state index is 0. The van der Waals surface area contributed by atoms with Crippen LogP contribution in [-0.2, 0) is 26.5 Å². The average Bonchev–Trinajstić information content (AvgIpc) is 3.53. The fourth-order valence-corrected chi connectivity index (χ4v) is 7.88. The predicted molar refractivity (Wildman–Crippen MR) is 197 cm³/mol. The second-order valence-electron chi connectivity index (χ2n) is 14.7. The molecule has 1 aliphatic rings. The Labute approximate surface area is 305 Å². The Bertz CT molecular complexity index is 2160. The minimum atomic E-state index is 0. The van der Waals surface area contributed by atoms with Gasteiger partial charge in [0.2, 0.25) is 0 Å². The van der Waals surface area contributed by atoms with Crippen molar-refractivity contribution >= 4 is 21.8 Å². The number of rotatable bonds is 7. The minimum Gasteiger partial charge on any atom is -0.509 e. The normalized spacial score (nSPS) is 18.0. The molecule has 3 aromatic heterocycles. The van der Waals surface area contributed by atoms with Crippen molar-refractivity contribution in [3.05, 3.63) is 119 Å². The molecule has 3 aromatic carbocycles. The Morgan fingerprint density at radius 1 is 0.918 bits per heavy atom. The summed E-state index contributed by atoms with van der Waals surface area (Å²) >= 11 is 0. The molecule has 0 fully saturated rings. The van der Waals surface area contributed by atoms with E-state index in [0.717, 1.165) is 51.8 Å². The summed E-state index contributed by atoms with van der Waals surface area (Å²) in [4.78, 5) is 4.81. The molecule has 0 saturated carbocycles. The summed E-state index contributed by atoms with van der Waals surface area (Å²) in [6.07, 6.45) is 7.92. The Kier molecular flexibility index (Phi) is 9.79. The number of nitrogens with zero attached hydrogens (tertiary/aromatic N) is 4. The fourth-order valence-electron chi connectivity index (χ4n) is 7.88. The largest absolute Gasteiger partial charge is 2.00 e. The van der Waals surface area contributed by atoms with Crippen molar-refractivity contribution in [1.82, 2.24) is 19.3 Å². The molecule has 0 saturated heterocycles. The van der Waals surface area contributed by atoms with Gasteiger partial charge in [-0.25, -0.2) is 4.98 Å². The third-order valence-electron chi connectivity index (χ3n) is 10.0. The molecule has 0 bridgehead atoms. The van der Waals surface area contributed by atoms with E-state index in [9.17, 15) is 0 Å². The van der Waals surface area contributed by atoms with Crippen molar-refractivity contribution in [1.29, 1.82) is 0 Å². The molecule has 6 aromatic rings. The Balaban J connectivity index is 0.00000417. The van der Waals surface area contributed by atoms with Gasteiger partial charge >= 0.3 is 21.1 Å². The van der Waals surface area contributed by atoms with Crippen LogP contribution in [0, 0.1) is 37.8 Å². The van der Waals surface area contributed by atoms with Gasteiger partial charge in [-0.2, -0.15) is 17.2 Å². The van der Waals surface area contributed by atoms with E-state index in [1.54, 1.807) is 5.57 Å². The number of benzene rings is 3. The van der Waals surface area contributed by atoms with Crippen molar-refractivity contribution in [3.63, 3.8) is 0 Å². The van der Waals surface area contributed by atoms with Crippen LogP contribution in [0.2, 0.25) is 0 Å². The number of aromatic nitrogens is 4. The third-order valence-corrected chi connectivity index (χ3v) is 10.0. The number of fused-ring (bicyclic) bond motifs is 3. The van der Waals surface area contributed by atoms with Crippen molar-refractivity contribution < 1.29 is 25.8 Å². The molecule has 0 N–H and O–H groups in total. The van der Waals surface area contributed by atoms with Crippen LogP contribution in [0.1, 0.15) is 89.2 Å². The number of allylic oxidation sites excluding steroid dienone is 2. The summed E-state index contributed by atoms with van der Waals surface area (Å²) in [6, 6.07) is 30.0. The summed E-state index contributed by atoms with van der Waals surface area (Å²) in [6.45, 7) is 18.1. The van der Waals surface area contributed by atoms with Gasteiger partial charge < -0.3 is 9.30 Å². The zero-order valence-corrected chi connectivity index (χ0v) is 32.1. The third kappa shape index (κ3) is 6.55. The second-order valence-corrected chi connectivity index (χ2v) is 14.7. The molecule has 5 nitrogen and oxygen atoms in total. The number of ether oxygens (including phenoxy) is 1. The predicted octanol–water partition coefficient (Wildman–Crippen LogP) is 11.2. The van der Waals surface area contributed by atoms with Gasteiger partial charge in [-0.05, 0) is 78.8 Å². The van der Waals surface area contributed by atoms with E-state index in [0.29, 0.717) is 29.3 Å². The van der Waals surface area contributed by atoms with E-state index in [4.69, 9.17) is 14.8 Å². The van der Waals surface area contributed by atoms with E-state index in [1.807, 2.05) is 29.1 Å². The fraction of sp³-hybridized carbons (Fsp3) is 0.349. The molecule has 0 aliphatic heterocycles. The maximum Gasteiger partial charge on any atom is 2.00 e. The van der Waals surface area contributed by atoms with E-state index in [1.165, 1.54) is 23.2 Å². The maximum absolute atomic E-state index is 6.49. The molecule has 1 aliphatic carbocycles. The summed E-state index contributed by atoms with van der Waals surface area (Å²) in [5.74, 6) is 3.72. The number of para-hydroxylation sites is 1. The van der Waals surface area contributed by atoms with Crippen molar-refractivity contribution in [2.24, 2.45) is 11.8 Å². The van der Waals surface area contributed by atoms with Gasteiger partial charge in [0, 0.05) is 40.4 Å². The van der Waals surface area contributed by atoms with Crippen LogP contribution >= 0.6 is 0 Å². The number of pyridine rings is 1. The van der Waals surface area contributed by atoms with Crippen molar-refractivity contribution in [3.8, 4) is 23.0 Å². The van der Waals surface area contributed by atoms with E-state index < -0.39 is 0 Å². The quantitative estimate of drug-likeness (QED) is 0.119. The van der Waals surface area contributed by atoms with Crippen molar-refractivity contribution in [2.75, 3.05) is 0 Å². The first-order chi connectivity index (χ1) is 23.0. The molecule has 0 radical (unpaired) electrons. The van der Waals surface area contributed by atoms with Crippen LogP contribution in [0.5, 0.6) is 11.5 Å². The zero-order chi connectivity index (χ0) is 33.7. The Hall–Kier alpha value is -3.95. The zero-order valence-electron chi connectivity index (χ0n) is 29.9. The summed E-state index contributed by atoms with van der Waals surface area (Å²) in [7, 11) is 0. The van der Waals surface area contributed by atoms with Crippen LogP contribution in [0.3, 0.4) is 0 Å². The monoisotopic (exact) mass is 829 g/mol. The topological polar surface area (TPSA) is 44.9 Å². The maximum atomic E-state index is 6.49. The molecule has 49 heavy (non-hydrogen) atoms. The molecular formula is C43H46N4OPt. The van der Waals surface area contributed by atoms with Gasteiger partial charge in [0.1, 0.15) is 5.82 Å². The van der Waals surface area contributed by atoms with Gasteiger partial charge in [0.15, 0.2) is 0 Å². The average molecular weight is 830 g/mol. The second kappa shape index (κ2) is 13.8. The Morgan fingerprint density at radius 3 is 2.47 bits per heavy atom. The molecule has 0 spiro atoms. The molecule has 254 valence electrons. The number of hydrogen-bond acceptors (Lipinski definition) is 3. The van der Waals surface area contributed by atoms with Gasteiger partial charge in [-0.1, -0.05) is 83.3 Å². The first-order valence-corrected chi connectivity index (χ1v) is 17.4. The number of hydrogen-bond donors (Lipinski definition) is 0. The summed E-state index contributed by atoms with van der Waals surface area (Å²) in [5.41, 5.74) is 9.33. The molecule has 1 unspecified atom stereocenters. The van der Waals surface area contributed by atoms with Crippen LogP contribution in [-0.4, -0.2) is 19.3 Å². The number of aryl methyl sites for hydroxylation is 1. The van der Waals surface area contributed by atoms with E-state index >= 15 is 0 Å². The summed E-state index contributed by atoms with van der Waals surface area (Å²) < 4.78 is 10.7. The van der Waals surface area contributed by atoms with E-state index in [-0.39, 0.29) is 26.5 Å². The van der Waals surface area contributed by atoms with Crippen LogP contribution in [0.25, 0.3) is 33.3 Å². The first-order valence-electron chi connectivity index (χ1n) is 17.4. The van der Waals surface area contributed by atoms with Gasteiger partial charge in [-0.15, -0.1) is 35.7 Å². The van der Waals surface area contributed by atoms with Gasteiger partial charge in [0.05, 0.1) is 5.69 Å². The van der Waals surface area contributed by atoms with E-state index in [2.05, 4.69) is 127 Å². The van der Waals surface area contributed by atoms with Crippen LogP contribution in [0.15, 0.2) is 84.6 Å². The standard InChI is InChI=1S/C43H46N4O.Pt/c1-9-13-31-23-27(2)22-28(3)41(31)42-29(4)45-47(30(42)5)33-14-12-15-34(25-33)48-35-18-19-37-36-16-10-11-17-38(36)46(39(37)26-35)40-24-32(20-21-44-40)43(6,7)8;/h10-12,14-21,23-24,27-28,41H,9,13,22H2,1-8H3;/q-2;+2/t27-,28+,41?;/m1./s1. The Morgan fingerprint density at radius 2 is 1.69 bits per heavy atom. The van der Waals surface area contributed by atoms with Gasteiger partial charge in [-0.3, -0.25) is 4.68 Å². The summed E-state index contributed by atoms with van der Waals surface area (Å²) in [5, 5.41) is 7.34. The first kappa shape index (κ1) is 34.9. The SMILES string of the molecule is CCCC1=C[C@H](C)C[C@H](C)C1c1c(C)nn(-c2[c-]c(Oc3[c-]c4c(cc3)c3ccccc3n4-c3cc(C(C)(C)C)ccn3)ccc2)c1C.[Pt+2]. The molecule has 0 amide bonds. The van der Waals surface area contributed by atoms with Crippen molar-refractivity contribution in [2.45, 2.75) is 86.0 Å². The van der Waals surface area contributed by atoms with Gasteiger partial charge in [0.25, 0.3) is 0 Å². The molecular weight excluding hydrogens is 784 g/mol. The molecule has 3 heterocycles. The van der Waals surface area contributed by atoms with Crippen LogP contribution in [0.4, 0.5) is 0 Å². The van der Waals surface area contributed by atoms with Crippen LogP contribution < -0.4 is 4.74 Å². The molecule has 7 rings (SSSR count). The smallest absolute Gasteiger partial charge is 0.509 e. The molecule has 3 atom stereocenters. The molecule has 6 heteroatoms.